The Morgan fingerprint density at radius 3 is 2.55 bits per heavy atom. The first kappa shape index (κ1) is 22.4. The maximum absolute atomic E-state index is 13.7. The van der Waals surface area contributed by atoms with Crippen LogP contribution in [0.1, 0.15) is 26.6 Å². The number of nitrogens with one attached hydrogen (secondary N) is 2. The maximum atomic E-state index is 13.7. The Morgan fingerprint density at radius 1 is 1.12 bits per heavy atom. The predicted octanol–water partition coefficient (Wildman–Crippen LogP) is 4.48. The Bertz CT molecular complexity index is 1400. The number of carbonyl (C=O) groups is 1. The van der Waals surface area contributed by atoms with Gasteiger partial charge in [0.15, 0.2) is 0 Å². The Kier molecular flexibility index (Phi) is 5.85. The molecule has 2 heterocycles. The Morgan fingerprint density at radius 2 is 1.85 bits per heavy atom. The number of fused-ring (bicyclic) bond motifs is 1. The monoisotopic (exact) mass is 477 g/mol. The summed E-state index contributed by atoms with van der Waals surface area (Å²) in [6.07, 6.45) is -4.72. The number of nitrogens with zero attached hydrogens (tertiary/aromatic N) is 3. The summed E-state index contributed by atoms with van der Waals surface area (Å²) in [5, 5.41) is 9.67. The molecule has 4 rings (SSSR count). The number of anilines is 2. The van der Waals surface area contributed by atoms with E-state index in [2.05, 4.69) is 20.7 Å². The van der Waals surface area contributed by atoms with Gasteiger partial charge >= 0.3 is 6.18 Å². The number of amides is 1. The van der Waals surface area contributed by atoms with Gasteiger partial charge in [0, 0.05) is 23.0 Å². The second-order valence-electron chi connectivity index (χ2n) is 6.97. The molecule has 0 spiro atoms. The number of alkyl halides is 3. The highest BCUT2D eigenvalue weighted by molar-refractivity contribution is 7.16. The second-order valence-corrected chi connectivity index (χ2v) is 8.13. The number of carbonyl (C=O) groups excluding carboxylic acids is 1. The normalized spacial score (nSPS) is 11.5. The van der Waals surface area contributed by atoms with Crippen molar-refractivity contribution in [1.82, 2.24) is 14.6 Å². The van der Waals surface area contributed by atoms with Crippen molar-refractivity contribution in [1.29, 1.82) is 0 Å². The van der Waals surface area contributed by atoms with Gasteiger partial charge in [-0.2, -0.15) is 22.8 Å². The van der Waals surface area contributed by atoms with Crippen LogP contribution in [0.15, 0.2) is 53.3 Å². The number of rotatable bonds is 5. The van der Waals surface area contributed by atoms with Crippen LogP contribution in [-0.4, -0.2) is 20.5 Å². The first-order chi connectivity index (χ1) is 15.6. The van der Waals surface area contributed by atoms with E-state index in [0.717, 1.165) is 22.7 Å². The van der Waals surface area contributed by atoms with Crippen LogP contribution in [0.2, 0.25) is 0 Å². The molecule has 0 fully saturated rings. The highest BCUT2D eigenvalue weighted by atomic mass is 32.1. The number of aromatic nitrogens is 3. The second kappa shape index (κ2) is 8.62. The van der Waals surface area contributed by atoms with Crippen molar-refractivity contribution < 1.29 is 22.4 Å². The molecule has 0 saturated carbocycles. The van der Waals surface area contributed by atoms with E-state index in [9.17, 15) is 27.2 Å². The third-order valence-electron chi connectivity index (χ3n) is 4.55. The fraction of sp³-hybridized carbons (Fsp3) is 0.143. The van der Waals surface area contributed by atoms with Crippen molar-refractivity contribution >= 4 is 33.6 Å². The van der Waals surface area contributed by atoms with Crippen molar-refractivity contribution in [3.05, 3.63) is 86.5 Å². The van der Waals surface area contributed by atoms with Crippen LogP contribution in [0.3, 0.4) is 0 Å². The van der Waals surface area contributed by atoms with Crippen LogP contribution in [0.4, 0.5) is 28.9 Å². The Balaban J connectivity index is 1.56. The van der Waals surface area contributed by atoms with Gasteiger partial charge in [-0.05, 0) is 49.4 Å². The molecule has 0 atom stereocenters. The molecule has 33 heavy (non-hydrogen) atoms. The van der Waals surface area contributed by atoms with Crippen molar-refractivity contribution in [2.75, 3.05) is 10.6 Å². The summed E-state index contributed by atoms with van der Waals surface area (Å²) >= 11 is 1.19. The first-order valence-corrected chi connectivity index (χ1v) is 10.3. The van der Waals surface area contributed by atoms with E-state index < -0.39 is 29.0 Å². The fourth-order valence-electron chi connectivity index (χ4n) is 3.04. The smallest absolute Gasteiger partial charge is 0.379 e. The Hall–Kier alpha value is -3.80. The molecule has 1 amide bonds. The molecule has 0 radical (unpaired) electrons. The molecular formula is C21H15F4N5O2S. The highest BCUT2D eigenvalue weighted by Gasteiger charge is 2.34. The number of benzene rings is 2. The summed E-state index contributed by atoms with van der Waals surface area (Å²) in [6.45, 7) is 1.58. The van der Waals surface area contributed by atoms with E-state index in [4.69, 9.17) is 0 Å². The zero-order valence-electron chi connectivity index (χ0n) is 16.9. The van der Waals surface area contributed by atoms with Crippen LogP contribution < -0.4 is 16.2 Å². The standard InChI is InChI=1S/C21H15F4N5O2S/c1-11-29-30-18(31)9-15(28-20(30)33-11)10-26-17-7-6-14(8-16(17)21(23,24)25)27-19(32)12-2-4-13(22)5-3-12/h2-9,26H,10H2,1H3,(H,27,32). The molecule has 2 N–H and O–H groups in total. The largest absolute Gasteiger partial charge is 0.418 e. The molecule has 0 aliphatic heterocycles. The van der Waals surface area contributed by atoms with Crippen LogP contribution in [0.5, 0.6) is 0 Å². The molecule has 170 valence electrons. The molecule has 0 unspecified atom stereocenters. The summed E-state index contributed by atoms with van der Waals surface area (Å²) in [7, 11) is 0. The van der Waals surface area contributed by atoms with Gasteiger partial charge in [0.25, 0.3) is 11.5 Å². The molecule has 0 bridgehead atoms. The molecule has 0 saturated heterocycles. The van der Waals surface area contributed by atoms with Crippen molar-refractivity contribution in [3.8, 4) is 0 Å². The lowest BCUT2D eigenvalue weighted by Crippen LogP contribution is -2.18. The number of hydrogen-bond acceptors (Lipinski definition) is 6. The zero-order valence-corrected chi connectivity index (χ0v) is 17.7. The summed E-state index contributed by atoms with van der Waals surface area (Å²) in [5.74, 6) is -1.22. The lowest BCUT2D eigenvalue weighted by atomic mass is 10.1. The van der Waals surface area contributed by atoms with Crippen LogP contribution >= 0.6 is 11.3 Å². The predicted molar refractivity (Wildman–Crippen MR) is 115 cm³/mol. The van der Waals surface area contributed by atoms with Gasteiger partial charge in [-0.3, -0.25) is 9.59 Å². The molecule has 12 heteroatoms. The van der Waals surface area contributed by atoms with E-state index in [1.807, 2.05) is 0 Å². The van der Waals surface area contributed by atoms with Crippen LogP contribution in [-0.2, 0) is 12.7 Å². The molecule has 2 aromatic carbocycles. The third-order valence-corrected chi connectivity index (χ3v) is 5.37. The maximum Gasteiger partial charge on any atom is 0.418 e. The molecule has 0 aliphatic rings. The SMILES string of the molecule is Cc1nn2c(=O)cc(CNc3ccc(NC(=O)c4ccc(F)cc4)cc3C(F)(F)F)nc2s1. The van der Waals surface area contributed by atoms with E-state index in [0.29, 0.717) is 9.97 Å². The van der Waals surface area contributed by atoms with E-state index in [1.54, 1.807) is 6.92 Å². The van der Waals surface area contributed by atoms with Gasteiger partial charge < -0.3 is 10.6 Å². The van der Waals surface area contributed by atoms with Crippen LogP contribution in [0.25, 0.3) is 4.96 Å². The fourth-order valence-corrected chi connectivity index (χ4v) is 3.81. The Labute approximate surface area is 187 Å². The van der Waals surface area contributed by atoms with Crippen molar-refractivity contribution in [3.63, 3.8) is 0 Å². The lowest BCUT2D eigenvalue weighted by molar-refractivity contribution is -0.136. The molecular weight excluding hydrogens is 462 g/mol. The number of halogens is 4. The minimum Gasteiger partial charge on any atom is -0.379 e. The van der Waals surface area contributed by atoms with Crippen LogP contribution in [0, 0.1) is 12.7 Å². The number of hydrogen-bond donors (Lipinski definition) is 2. The summed E-state index contributed by atoms with van der Waals surface area (Å²) in [5.41, 5.74) is -1.42. The first-order valence-electron chi connectivity index (χ1n) is 9.48. The van der Waals surface area contributed by atoms with Gasteiger partial charge in [0.05, 0.1) is 17.8 Å². The lowest BCUT2D eigenvalue weighted by Gasteiger charge is -2.16. The highest BCUT2D eigenvalue weighted by Crippen LogP contribution is 2.37. The summed E-state index contributed by atoms with van der Waals surface area (Å²) in [4.78, 5) is 29.0. The molecule has 7 nitrogen and oxygen atoms in total. The molecule has 0 aliphatic carbocycles. The topological polar surface area (TPSA) is 88.4 Å². The zero-order chi connectivity index (χ0) is 23.8. The van der Waals surface area contributed by atoms with Crippen molar-refractivity contribution in [2.45, 2.75) is 19.6 Å². The minimum absolute atomic E-state index is 0.0832. The van der Waals surface area contributed by atoms with Crippen molar-refractivity contribution in [2.24, 2.45) is 0 Å². The van der Waals surface area contributed by atoms with Gasteiger partial charge in [-0.1, -0.05) is 11.3 Å². The van der Waals surface area contributed by atoms with Gasteiger partial charge in [0.1, 0.15) is 10.8 Å². The molecule has 4 aromatic rings. The summed E-state index contributed by atoms with van der Waals surface area (Å²) in [6, 6.07) is 9.07. The summed E-state index contributed by atoms with van der Waals surface area (Å²) < 4.78 is 55.1. The minimum atomic E-state index is -4.72. The quantitative estimate of drug-likeness (QED) is 0.414. The van der Waals surface area contributed by atoms with E-state index in [1.165, 1.54) is 41.7 Å². The van der Waals surface area contributed by atoms with Gasteiger partial charge in [-0.25, -0.2) is 9.37 Å². The van der Waals surface area contributed by atoms with E-state index in [-0.39, 0.29) is 29.2 Å². The third kappa shape index (κ3) is 5.00. The molecule has 2 aromatic heterocycles. The number of aryl methyl sites for hydroxylation is 1. The average Bonchev–Trinajstić information content (AvgIpc) is 3.13. The average molecular weight is 477 g/mol. The van der Waals surface area contributed by atoms with Gasteiger partial charge in [0.2, 0.25) is 4.96 Å². The van der Waals surface area contributed by atoms with Gasteiger partial charge in [-0.15, -0.1) is 0 Å². The van der Waals surface area contributed by atoms with E-state index >= 15 is 0 Å².